The van der Waals surface area contributed by atoms with Gasteiger partial charge < -0.3 is 9.84 Å². The minimum absolute atomic E-state index is 0.269. The molecule has 1 aliphatic heterocycles. The monoisotopic (exact) mass is 309 g/mol. The van der Waals surface area contributed by atoms with Crippen LogP contribution >= 0.6 is 0 Å². The van der Waals surface area contributed by atoms with Gasteiger partial charge in [-0.3, -0.25) is 4.90 Å². The lowest BCUT2D eigenvalue weighted by Crippen LogP contribution is -2.46. The number of β-amino-alcohol motifs (C(OH)–C–C–N with tert-alkyl or cyclic N) is 1. The molecule has 0 aromatic heterocycles. The summed E-state index contributed by atoms with van der Waals surface area (Å²) in [5, 5.41) is 10.4. The first-order valence-corrected chi connectivity index (χ1v) is 9.36. The Labute approximate surface area is 136 Å². The Kier molecular flexibility index (Phi) is 4.61. The first-order valence-electron chi connectivity index (χ1n) is 9.36. The van der Waals surface area contributed by atoms with Crippen molar-refractivity contribution in [2.75, 3.05) is 19.7 Å². The van der Waals surface area contributed by atoms with Crippen LogP contribution in [0.5, 0.6) is 0 Å². The zero-order valence-corrected chi connectivity index (χ0v) is 15.0. The van der Waals surface area contributed by atoms with E-state index in [1.165, 1.54) is 38.5 Å². The summed E-state index contributed by atoms with van der Waals surface area (Å²) < 4.78 is 6.32. The molecule has 0 amide bonds. The van der Waals surface area contributed by atoms with Gasteiger partial charge in [-0.25, -0.2) is 0 Å². The number of ether oxygens (including phenoxy) is 1. The first-order chi connectivity index (χ1) is 10.3. The van der Waals surface area contributed by atoms with Crippen LogP contribution in [-0.2, 0) is 4.74 Å². The van der Waals surface area contributed by atoms with E-state index in [9.17, 15) is 5.11 Å². The van der Waals surface area contributed by atoms with Gasteiger partial charge in [0.1, 0.15) is 0 Å². The fourth-order valence-electron chi connectivity index (χ4n) is 5.63. The van der Waals surface area contributed by atoms with Crippen molar-refractivity contribution < 1.29 is 9.84 Å². The zero-order chi connectivity index (χ0) is 16.0. The van der Waals surface area contributed by atoms with Gasteiger partial charge >= 0.3 is 0 Å². The van der Waals surface area contributed by atoms with Crippen molar-refractivity contribution in [2.45, 2.75) is 84.5 Å². The van der Waals surface area contributed by atoms with Crippen molar-refractivity contribution >= 4 is 0 Å². The second kappa shape index (κ2) is 6.07. The standard InChI is InChI=1S/C19H35NO2/c1-14-7-5-6-10-20(14)12-16(21)13-22-17-18(2,3)15-8-9-19(17,4)11-15/h14-17,21H,5-13H2,1-4H3/t14-,15+,16+,17+,19+/m1/s1. The number of hydrogen-bond acceptors (Lipinski definition) is 3. The molecule has 2 aliphatic carbocycles. The number of likely N-dealkylation sites (tertiary alicyclic amines) is 1. The SMILES string of the molecule is C[C@@H]1CCCCN1C[C@H](O)CO[C@H]1C(C)(C)[C@H]2CC[C@@]1(C)C2. The molecule has 0 aromatic rings. The minimum Gasteiger partial charge on any atom is -0.389 e. The molecule has 2 bridgehead atoms. The van der Waals surface area contributed by atoms with Crippen molar-refractivity contribution in [1.82, 2.24) is 4.90 Å². The molecule has 3 nitrogen and oxygen atoms in total. The molecule has 1 N–H and O–H groups in total. The molecule has 3 rings (SSSR count). The average Bonchev–Trinajstić information content (AvgIpc) is 2.92. The molecule has 1 saturated heterocycles. The Morgan fingerprint density at radius 2 is 2.00 bits per heavy atom. The summed E-state index contributed by atoms with van der Waals surface area (Å²) in [6.07, 6.45) is 7.80. The van der Waals surface area contributed by atoms with Gasteiger partial charge in [-0.05, 0) is 62.3 Å². The number of fused-ring (bicyclic) bond motifs is 2. The van der Waals surface area contributed by atoms with Gasteiger partial charge in [-0.1, -0.05) is 27.2 Å². The highest BCUT2D eigenvalue weighted by molar-refractivity contribution is 5.09. The van der Waals surface area contributed by atoms with E-state index in [4.69, 9.17) is 4.74 Å². The third-order valence-electron chi connectivity index (χ3n) is 6.98. The lowest BCUT2D eigenvalue weighted by atomic mass is 9.70. The average molecular weight is 309 g/mol. The molecule has 0 spiro atoms. The van der Waals surface area contributed by atoms with Crippen LogP contribution in [0.15, 0.2) is 0 Å². The fourth-order valence-corrected chi connectivity index (χ4v) is 5.63. The van der Waals surface area contributed by atoms with E-state index in [1.54, 1.807) is 0 Å². The molecule has 1 heterocycles. The van der Waals surface area contributed by atoms with E-state index >= 15 is 0 Å². The Bertz CT molecular complexity index is 392. The molecule has 22 heavy (non-hydrogen) atoms. The second-order valence-electron chi connectivity index (χ2n) is 9.12. The van der Waals surface area contributed by atoms with Gasteiger partial charge in [-0.2, -0.15) is 0 Å². The fraction of sp³-hybridized carbons (Fsp3) is 1.00. The minimum atomic E-state index is -0.348. The number of hydrogen-bond donors (Lipinski definition) is 1. The molecular weight excluding hydrogens is 274 g/mol. The molecule has 0 radical (unpaired) electrons. The Morgan fingerprint density at radius 1 is 1.23 bits per heavy atom. The van der Waals surface area contributed by atoms with Crippen LogP contribution < -0.4 is 0 Å². The Hall–Kier alpha value is -0.120. The predicted molar refractivity (Wildman–Crippen MR) is 89.9 cm³/mol. The maximum absolute atomic E-state index is 10.4. The van der Waals surface area contributed by atoms with Crippen LogP contribution in [0.3, 0.4) is 0 Å². The lowest BCUT2D eigenvalue weighted by molar-refractivity contribution is -0.114. The van der Waals surface area contributed by atoms with Crippen LogP contribution in [0.4, 0.5) is 0 Å². The topological polar surface area (TPSA) is 32.7 Å². The van der Waals surface area contributed by atoms with E-state index < -0.39 is 0 Å². The summed E-state index contributed by atoms with van der Waals surface area (Å²) in [4.78, 5) is 2.44. The largest absolute Gasteiger partial charge is 0.389 e. The molecule has 3 aliphatic rings. The van der Waals surface area contributed by atoms with E-state index in [-0.39, 0.29) is 11.5 Å². The van der Waals surface area contributed by atoms with Crippen LogP contribution in [0.25, 0.3) is 0 Å². The predicted octanol–water partition coefficient (Wildman–Crippen LogP) is 3.45. The van der Waals surface area contributed by atoms with Gasteiger partial charge in [0.15, 0.2) is 0 Å². The number of rotatable bonds is 5. The molecule has 3 fully saturated rings. The highest BCUT2D eigenvalue weighted by Crippen LogP contribution is 2.63. The molecule has 2 saturated carbocycles. The smallest absolute Gasteiger partial charge is 0.0900 e. The maximum atomic E-state index is 10.4. The quantitative estimate of drug-likeness (QED) is 0.844. The summed E-state index contributed by atoms with van der Waals surface area (Å²) in [5.74, 6) is 0.807. The normalized spacial score (nSPS) is 42.7. The molecule has 0 unspecified atom stereocenters. The van der Waals surface area contributed by atoms with E-state index in [0.29, 0.717) is 24.2 Å². The summed E-state index contributed by atoms with van der Waals surface area (Å²) in [6.45, 7) is 11.8. The number of piperidine rings is 1. The van der Waals surface area contributed by atoms with Crippen LogP contribution in [0, 0.1) is 16.7 Å². The molecule has 5 atom stereocenters. The van der Waals surface area contributed by atoms with Crippen LogP contribution in [0.1, 0.15) is 66.2 Å². The summed E-state index contributed by atoms with van der Waals surface area (Å²) in [6, 6.07) is 0.611. The van der Waals surface area contributed by atoms with Crippen molar-refractivity contribution in [3.63, 3.8) is 0 Å². The van der Waals surface area contributed by atoms with Gasteiger partial charge in [0, 0.05) is 12.6 Å². The lowest BCUT2D eigenvalue weighted by Gasteiger charge is -2.43. The first kappa shape index (κ1) is 16.7. The van der Waals surface area contributed by atoms with Crippen molar-refractivity contribution in [3.05, 3.63) is 0 Å². The van der Waals surface area contributed by atoms with Gasteiger partial charge in [0.05, 0.1) is 18.8 Å². The third kappa shape index (κ3) is 2.97. The summed E-state index contributed by atoms with van der Waals surface area (Å²) >= 11 is 0. The maximum Gasteiger partial charge on any atom is 0.0900 e. The zero-order valence-electron chi connectivity index (χ0n) is 15.0. The third-order valence-corrected chi connectivity index (χ3v) is 6.98. The highest BCUT2D eigenvalue weighted by atomic mass is 16.5. The van der Waals surface area contributed by atoms with E-state index in [1.807, 2.05) is 0 Å². The van der Waals surface area contributed by atoms with Crippen LogP contribution in [-0.4, -0.2) is 48.0 Å². The van der Waals surface area contributed by atoms with Gasteiger partial charge in [0.25, 0.3) is 0 Å². The molecule has 3 heteroatoms. The molecular formula is C19H35NO2. The van der Waals surface area contributed by atoms with Crippen molar-refractivity contribution in [2.24, 2.45) is 16.7 Å². The van der Waals surface area contributed by atoms with Crippen molar-refractivity contribution in [3.8, 4) is 0 Å². The summed E-state index contributed by atoms with van der Waals surface area (Å²) in [7, 11) is 0. The number of nitrogens with zero attached hydrogens (tertiary/aromatic N) is 1. The van der Waals surface area contributed by atoms with E-state index in [2.05, 4.69) is 32.6 Å². The van der Waals surface area contributed by atoms with Crippen LogP contribution in [0.2, 0.25) is 0 Å². The summed E-state index contributed by atoms with van der Waals surface area (Å²) in [5.41, 5.74) is 0.609. The van der Waals surface area contributed by atoms with Gasteiger partial charge in [0.2, 0.25) is 0 Å². The molecule has 128 valence electrons. The Balaban J connectivity index is 1.51. The van der Waals surface area contributed by atoms with E-state index in [0.717, 1.165) is 19.0 Å². The number of aliphatic hydroxyl groups is 1. The number of aliphatic hydroxyl groups excluding tert-OH is 1. The second-order valence-corrected chi connectivity index (χ2v) is 9.12. The molecule has 0 aromatic carbocycles. The highest BCUT2D eigenvalue weighted by Gasteiger charge is 2.60. The van der Waals surface area contributed by atoms with Gasteiger partial charge in [-0.15, -0.1) is 0 Å². The van der Waals surface area contributed by atoms with Crippen molar-refractivity contribution in [1.29, 1.82) is 0 Å². The Morgan fingerprint density at radius 3 is 2.64 bits per heavy atom.